The molecule has 1 nitrogen and oxygen atoms in total. The smallest absolute Gasteiger partial charge is 0.117 e. The van der Waals surface area contributed by atoms with E-state index in [1.54, 1.807) is 18.4 Å². The fraction of sp³-hybridized carbons (Fsp3) is 0.500. The zero-order valence-corrected chi connectivity index (χ0v) is 7.33. The minimum atomic E-state index is -0.751. The fourth-order valence-electron chi connectivity index (χ4n) is 0.941. The molecule has 1 N–H and O–H groups in total. The number of alkyl halides is 1. The number of halogens is 1. The highest BCUT2D eigenvalue weighted by Gasteiger charge is 2.05. The first-order chi connectivity index (χ1) is 5.33. The molecule has 0 aromatic carbocycles. The summed E-state index contributed by atoms with van der Waals surface area (Å²) in [6.45, 7) is 0.442. The maximum absolute atomic E-state index is 12.9. The Morgan fingerprint density at radius 1 is 1.73 bits per heavy atom. The predicted octanol–water partition coefficient (Wildman–Crippen LogP) is 1.85. The summed E-state index contributed by atoms with van der Waals surface area (Å²) in [5.41, 5.74) is 0. The van der Waals surface area contributed by atoms with Crippen LogP contribution in [0.5, 0.6) is 0 Å². The third-order valence-corrected chi connectivity index (χ3v) is 2.33. The van der Waals surface area contributed by atoms with Crippen LogP contribution < -0.4 is 5.32 Å². The summed E-state index contributed by atoms with van der Waals surface area (Å²) in [6, 6.07) is 3.92. The van der Waals surface area contributed by atoms with Gasteiger partial charge in [0.25, 0.3) is 0 Å². The molecule has 1 atom stereocenters. The Morgan fingerprint density at radius 2 is 2.55 bits per heavy atom. The molecule has 0 aliphatic heterocycles. The van der Waals surface area contributed by atoms with E-state index in [1.807, 2.05) is 17.5 Å². The van der Waals surface area contributed by atoms with Crippen LogP contribution in [0.15, 0.2) is 17.5 Å². The summed E-state index contributed by atoms with van der Waals surface area (Å²) >= 11 is 1.61. The van der Waals surface area contributed by atoms with Gasteiger partial charge in [0, 0.05) is 17.8 Å². The Kier molecular flexibility index (Phi) is 3.52. The third kappa shape index (κ3) is 2.99. The molecule has 11 heavy (non-hydrogen) atoms. The first-order valence-electron chi connectivity index (χ1n) is 3.64. The molecule has 0 spiro atoms. The van der Waals surface area contributed by atoms with Crippen LogP contribution in [0.2, 0.25) is 0 Å². The average Bonchev–Trinajstić information content (AvgIpc) is 2.40. The summed E-state index contributed by atoms with van der Waals surface area (Å²) in [5, 5.41) is 4.78. The Bertz CT molecular complexity index is 186. The van der Waals surface area contributed by atoms with E-state index in [0.717, 1.165) is 4.88 Å². The molecule has 0 radical (unpaired) electrons. The van der Waals surface area contributed by atoms with Crippen molar-refractivity contribution in [3.8, 4) is 0 Å². The van der Waals surface area contributed by atoms with Gasteiger partial charge in [0.2, 0.25) is 0 Å². The van der Waals surface area contributed by atoms with Crippen molar-refractivity contribution in [1.82, 2.24) is 5.32 Å². The second kappa shape index (κ2) is 4.46. The molecule has 1 unspecified atom stereocenters. The Balaban J connectivity index is 2.31. The molecule has 62 valence electrons. The van der Waals surface area contributed by atoms with Crippen LogP contribution in [0.4, 0.5) is 4.39 Å². The van der Waals surface area contributed by atoms with Gasteiger partial charge in [0.1, 0.15) is 6.17 Å². The van der Waals surface area contributed by atoms with Gasteiger partial charge in [0.05, 0.1) is 0 Å². The lowest BCUT2D eigenvalue weighted by atomic mass is 10.2. The zero-order valence-electron chi connectivity index (χ0n) is 6.51. The van der Waals surface area contributed by atoms with Gasteiger partial charge < -0.3 is 5.32 Å². The number of rotatable bonds is 4. The van der Waals surface area contributed by atoms with E-state index in [0.29, 0.717) is 13.0 Å². The second-order valence-electron chi connectivity index (χ2n) is 2.44. The summed E-state index contributed by atoms with van der Waals surface area (Å²) < 4.78 is 12.9. The molecular formula is C8H12FNS. The van der Waals surface area contributed by atoms with Crippen LogP contribution >= 0.6 is 11.3 Å². The summed E-state index contributed by atoms with van der Waals surface area (Å²) in [7, 11) is 1.76. The molecule has 0 aliphatic carbocycles. The Morgan fingerprint density at radius 3 is 3.09 bits per heavy atom. The van der Waals surface area contributed by atoms with Gasteiger partial charge in [-0.2, -0.15) is 0 Å². The van der Waals surface area contributed by atoms with Crippen molar-refractivity contribution < 1.29 is 4.39 Å². The second-order valence-corrected chi connectivity index (χ2v) is 3.47. The van der Waals surface area contributed by atoms with Crippen molar-refractivity contribution in [2.24, 2.45) is 0 Å². The van der Waals surface area contributed by atoms with Gasteiger partial charge in [-0.25, -0.2) is 4.39 Å². The van der Waals surface area contributed by atoms with Crippen LogP contribution in [0.1, 0.15) is 4.88 Å². The fourth-order valence-corrected chi connectivity index (χ4v) is 1.71. The van der Waals surface area contributed by atoms with E-state index in [4.69, 9.17) is 0 Å². The first-order valence-corrected chi connectivity index (χ1v) is 4.52. The largest absolute Gasteiger partial charge is 0.317 e. The maximum Gasteiger partial charge on any atom is 0.117 e. The number of nitrogens with one attached hydrogen (secondary N) is 1. The molecule has 1 aromatic rings. The van der Waals surface area contributed by atoms with E-state index >= 15 is 0 Å². The molecule has 1 rings (SSSR count). The van der Waals surface area contributed by atoms with Crippen LogP contribution in [-0.4, -0.2) is 19.8 Å². The Hall–Kier alpha value is -0.410. The molecule has 3 heteroatoms. The van der Waals surface area contributed by atoms with E-state index in [-0.39, 0.29) is 0 Å². The normalized spacial score (nSPS) is 13.3. The van der Waals surface area contributed by atoms with Crippen molar-refractivity contribution in [2.45, 2.75) is 12.6 Å². The molecular weight excluding hydrogens is 161 g/mol. The standard InChI is InChI=1S/C8H12FNS/c1-10-6-7(9)5-8-3-2-4-11-8/h2-4,7,10H,5-6H2,1H3. The highest BCUT2D eigenvalue weighted by atomic mass is 32.1. The van der Waals surface area contributed by atoms with E-state index in [2.05, 4.69) is 5.32 Å². The molecule has 1 aromatic heterocycles. The summed E-state index contributed by atoms with van der Waals surface area (Å²) in [5.74, 6) is 0. The van der Waals surface area contributed by atoms with Crippen LogP contribution in [-0.2, 0) is 6.42 Å². The van der Waals surface area contributed by atoms with Crippen molar-refractivity contribution in [3.63, 3.8) is 0 Å². The monoisotopic (exact) mass is 173 g/mol. The van der Waals surface area contributed by atoms with Crippen molar-refractivity contribution in [1.29, 1.82) is 0 Å². The quantitative estimate of drug-likeness (QED) is 0.732. The highest BCUT2D eigenvalue weighted by Crippen LogP contribution is 2.11. The summed E-state index contributed by atoms with van der Waals surface area (Å²) in [6.07, 6.45) is -0.211. The van der Waals surface area contributed by atoms with Gasteiger partial charge in [-0.1, -0.05) is 6.07 Å². The topological polar surface area (TPSA) is 12.0 Å². The van der Waals surface area contributed by atoms with E-state index in [1.165, 1.54) is 0 Å². The zero-order chi connectivity index (χ0) is 8.10. The van der Waals surface area contributed by atoms with Crippen LogP contribution in [0.25, 0.3) is 0 Å². The average molecular weight is 173 g/mol. The van der Waals surface area contributed by atoms with Crippen molar-refractivity contribution in [2.75, 3.05) is 13.6 Å². The lowest BCUT2D eigenvalue weighted by Crippen LogP contribution is -2.21. The van der Waals surface area contributed by atoms with Crippen LogP contribution in [0.3, 0.4) is 0 Å². The van der Waals surface area contributed by atoms with Gasteiger partial charge in [0.15, 0.2) is 0 Å². The number of thiophene rings is 1. The maximum atomic E-state index is 12.9. The lowest BCUT2D eigenvalue weighted by Gasteiger charge is -2.04. The van der Waals surface area contributed by atoms with Crippen molar-refractivity contribution >= 4 is 11.3 Å². The van der Waals surface area contributed by atoms with Crippen LogP contribution in [0, 0.1) is 0 Å². The molecule has 1 heterocycles. The van der Waals surface area contributed by atoms with Crippen molar-refractivity contribution in [3.05, 3.63) is 22.4 Å². The van der Waals surface area contributed by atoms with E-state index in [9.17, 15) is 4.39 Å². The van der Waals surface area contributed by atoms with Gasteiger partial charge in [-0.05, 0) is 18.5 Å². The lowest BCUT2D eigenvalue weighted by molar-refractivity contribution is 0.326. The minimum Gasteiger partial charge on any atom is -0.317 e. The van der Waals surface area contributed by atoms with E-state index < -0.39 is 6.17 Å². The molecule has 0 fully saturated rings. The minimum absolute atomic E-state index is 0.442. The highest BCUT2D eigenvalue weighted by molar-refractivity contribution is 7.09. The van der Waals surface area contributed by atoms with Gasteiger partial charge in [-0.3, -0.25) is 0 Å². The number of hydrogen-bond donors (Lipinski definition) is 1. The number of hydrogen-bond acceptors (Lipinski definition) is 2. The first kappa shape index (κ1) is 8.68. The Labute approximate surface area is 70.2 Å². The molecule has 0 amide bonds. The SMILES string of the molecule is CNCC(F)Cc1cccs1. The molecule has 0 bridgehead atoms. The van der Waals surface area contributed by atoms with Gasteiger partial charge in [-0.15, -0.1) is 11.3 Å². The molecule has 0 saturated heterocycles. The molecule has 0 saturated carbocycles. The summed E-state index contributed by atoms with van der Waals surface area (Å²) in [4.78, 5) is 1.12. The molecule has 0 aliphatic rings. The third-order valence-electron chi connectivity index (χ3n) is 1.43. The predicted molar refractivity (Wildman–Crippen MR) is 46.8 cm³/mol. The van der Waals surface area contributed by atoms with Gasteiger partial charge >= 0.3 is 0 Å².